The second kappa shape index (κ2) is 10.8. The van der Waals surface area contributed by atoms with E-state index < -0.39 is 0 Å². The Bertz CT molecular complexity index is 178. The van der Waals surface area contributed by atoms with Crippen molar-refractivity contribution in [3.63, 3.8) is 0 Å². The smallest absolute Gasteiger partial charge is 0.107 e. The van der Waals surface area contributed by atoms with Gasteiger partial charge in [-0.25, -0.2) is 0 Å². The number of aliphatic hydroxyl groups is 1. The average molecular weight is 255 g/mol. The first-order chi connectivity index (χ1) is 8.84. The van der Waals surface area contributed by atoms with E-state index in [2.05, 4.69) is 11.8 Å². The quantitative estimate of drug-likeness (QED) is 0.588. The highest BCUT2D eigenvalue weighted by atomic mass is 16.3. The molecule has 0 aromatic carbocycles. The van der Waals surface area contributed by atoms with Gasteiger partial charge in [-0.2, -0.15) is 0 Å². The van der Waals surface area contributed by atoms with Gasteiger partial charge in [0, 0.05) is 13.1 Å². The minimum Gasteiger partial charge on any atom is -0.378 e. The largest absolute Gasteiger partial charge is 0.378 e. The summed E-state index contributed by atoms with van der Waals surface area (Å²) < 4.78 is 0. The van der Waals surface area contributed by atoms with Gasteiger partial charge in [0.15, 0.2) is 0 Å². The van der Waals surface area contributed by atoms with E-state index in [0.717, 1.165) is 19.5 Å². The number of hydrogen-bond donors (Lipinski definition) is 1. The molecule has 1 fully saturated rings. The molecule has 1 aliphatic rings. The summed E-state index contributed by atoms with van der Waals surface area (Å²) in [5, 5.41) is 10.1. The number of piperidine rings is 1. The minimum atomic E-state index is -0.162. The third-order valence-electron chi connectivity index (χ3n) is 4.13. The molecule has 1 N–H and O–H groups in total. The van der Waals surface area contributed by atoms with Crippen molar-refractivity contribution in [2.75, 3.05) is 13.1 Å². The SMILES string of the molecule is CCCCCCCCCCC(O)N1CCCCC1. The van der Waals surface area contributed by atoms with Crippen LogP contribution in [0.1, 0.15) is 84.0 Å². The molecular weight excluding hydrogens is 222 g/mol. The van der Waals surface area contributed by atoms with Gasteiger partial charge >= 0.3 is 0 Å². The number of nitrogens with zero attached hydrogens (tertiary/aromatic N) is 1. The van der Waals surface area contributed by atoms with Crippen LogP contribution in [0.2, 0.25) is 0 Å². The van der Waals surface area contributed by atoms with Crippen LogP contribution in [0, 0.1) is 0 Å². The highest BCUT2D eigenvalue weighted by Gasteiger charge is 2.17. The fourth-order valence-corrected chi connectivity index (χ4v) is 2.86. The first-order valence-electron chi connectivity index (χ1n) is 8.26. The molecule has 1 aliphatic heterocycles. The van der Waals surface area contributed by atoms with Crippen molar-refractivity contribution in [1.29, 1.82) is 0 Å². The lowest BCUT2D eigenvalue weighted by atomic mass is 10.1. The van der Waals surface area contributed by atoms with Crippen LogP contribution in [0.5, 0.6) is 0 Å². The summed E-state index contributed by atoms with van der Waals surface area (Å²) >= 11 is 0. The average Bonchev–Trinajstić information content (AvgIpc) is 2.42. The highest BCUT2D eigenvalue weighted by Crippen LogP contribution is 2.16. The molecule has 0 bridgehead atoms. The molecule has 0 aliphatic carbocycles. The van der Waals surface area contributed by atoms with Crippen LogP contribution < -0.4 is 0 Å². The maximum atomic E-state index is 10.1. The monoisotopic (exact) mass is 255 g/mol. The van der Waals surface area contributed by atoms with Gasteiger partial charge in [0.25, 0.3) is 0 Å². The van der Waals surface area contributed by atoms with Gasteiger partial charge in [-0.15, -0.1) is 0 Å². The first-order valence-corrected chi connectivity index (χ1v) is 8.26. The fourth-order valence-electron chi connectivity index (χ4n) is 2.86. The summed E-state index contributed by atoms with van der Waals surface area (Å²) in [5.74, 6) is 0. The lowest BCUT2D eigenvalue weighted by Gasteiger charge is -2.31. The molecule has 2 nitrogen and oxygen atoms in total. The van der Waals surface area contributed by atoms with Crippen molar-refractivity contribution in [2.24, 2.45) is 0 Å². The molecule has 1 heterocycles. The highest BCUT2D eigenvalue weighted by molar-refractivity contribution is 4.67. The van der Waals surface area contributed by atoms with Crippen molar-refractivity contribution in [2.45, 2.75) is 90.2 Å². The van der Waals surface area contributed by atoms with E-state index in [1.54, 1.807) is 0 Å². The molecular formula is C16H33NO. The normalized spacial score (nSPS) is 19.0. The van der Waals surface area contributed by atoms with Gasteiger partial charge in [-0.05, 0) is 25.7 Å². The van der Waals surface area contributed by atoms with Crippen LogP contribution in [-0.4, -0.2) is 29.3 Å². The summed E-state index contributed by atoms with van der Waals surface area (Å²) in [5.41, 5.74) is 0. The van der Waals surface area contributed by atoms with Gasteiger partial charge in [0.1, 0.15) is 6.23 Å². The molecule has 0 saturated carbocycles. The number of rotatable bonds is 10. The number of hydrogen-bond acceptors (Lipinski definition) is 2. The third kappa shape index (κ3) is 7.38. The van der Waals surface area contributed by atoms with E-state index in [-0.39, 0.29) is 6.23 Å². The molecule has 2 heteroatoms. The van der Waals surface area contributed by atoms with Crippen LogP contribution in [0.15, 0.2) is 0 Å². The van der Waals surface area contributed by atoms with E-state index in [9.17, 15) is 5.11 Å². The number of aliphatic hydroxyl groups excluding tert-OH is 1. The predicted molar refractivity (Wildman–Crippen MR) is 78.7 cm³/mol. The molecule has 0 radical (unpaired) electrons. The summed E-state index contributed by atoms with van der Waals surface area (Å²) in [4.78, 5) is 2.27. The molecule has 18 heavy (non-hydrogen) atoms. The topological polar surface area (TPSA) is 23.5 Å². The van der Waals surface area contributed by atoms with E-state index in [4.69, 9.17) is 0 Å². The van der Waals surface area contributed by atoms with Crippen LogP contribution in [0.4, 0.5) is 0 Å². The molecule has 1 unspecified atom stereocenters. The third-order valence-corrected chi connectivity index (χ3v) is 4.13. The van der Waals surface area contributed by atoms with Crippen LogP contribution >= 0.6 is 0 Å². The van der Waals surface area contributed by atoms with Gasteiger partial charge in [-0.3, -0.25) is 4.90 Å². The Labute approximate surface area is 114 Å². The first kappa shape index (κ1) is 16.0. The molecule has 1 rings (SSSR count). The molecule has 108 valence electrons. The van der Waals surface area contributed by atoms with Gasteiger partial charge in [-0.1, -0.05) is 58.3 Å². The Kier molecular flexibility index (Phi) is 9.59. The Balaban J connectivity index is 1.87. The zero-order valence-electron chi connectivity index (χ0n) is 12.4. The second-order valence-corrected chi connectivity index (χ2v) is 5.84. The minimum absolute atomic E-state index is 0.162. The lowest BCUT2D eigenvalue weighted by molar-refractivity contribution is -0.0148. The van der Waals surface area contributed by atoms with E-state index in [0.29, 0.717) is 0 Å². The molecule has 0 spiro atoms. The summed E-state index contributed by atoms with van der Waals surface area (Å²) in [6.45, 7) is 4.48. The van der Waals surface area contributed by atoms with Gasteiger partial charge in [0.2, 0.25) is 0 Å². The molecule has 0 aromatic heterocycles. The Morgan fingerprint density at radius 2 is 1.39 bits per heavy atom. The van der Waals surface area contributed by atoms with Crippen LogP contribution in [-0.2, 0) is 0 Å². The predicted octanol–water partition coefficient (Wildman–Crippen LogP) is 4.32. The second-order valence-electron chi connectivity index (χ2n) is 5.84. The molecule has 0 amide bonds. The van der Waals surface area contributed by atoms with Crippen molar-refractivity contribution in [3.05, 3.63) is 0 Å². The van der Waals surface area contributed by atoms with E-state index >= 15 is 0 Å². The van der Waals surface area contributed by atoms with Crippen LogP contribution in [0.25, 0.3) is 0 Å². The Morgan fingerprint density at radius 3 is 2.00 bits per heavy atom. The number of likely N-dealkylation sites (tertiary alicyclic amines) is 1. The molecule has 1 atom stereocenters. The molecule has 1 saturated heterocycles. The maximum Gasteiger partial charge on any atom is 0.107 e. The summed E-state index contributed by atoms with van der Waals surface area (Å²) in [7, 11) is 0. The van der Waals surface area contributed by atoms with Crippen LogP contribution in [0.3, 0.4) is 0 Å². The van der Waals surface area contributed by atoms with Gasteiger partial charge < -0.3 is 5.11 Å². The zero-order valence-corrected chi connectivity index (χ0v) is 12.4. The Hall–Kier alpha value is -0.0800. The number of unbranched alkanes of at least 4 members (excludes halogenated alkanes) is 7. The van der Waals surface area contributed by atoms with Crippen molar-refractivity contribution in [1.82, 2.24) is 4.90 Å². The lowest BCUT2D eigenvalue weighted by Crippen LogP contribution is -2.39. The maximum absolute atomic E-state index is 10.1. The standard InChI is InChI=1S/C16H33NO/c1-2-3-4-5-6-7-8-10-13-16(18)17-14-11-9-12-15-17/h16,18H,2-15H2,1H3. The van der Waals surface area contributed by atoms with Crippen molar-refractivity contribution >= 4 is 0 Å². The summed E-state index contributed by atoms with van der Waals surface area (Å²) in [6.07, 6.45) is 15.5. The zero-order chi connectivity index (χ0) is 13.1. The fraction of sp³-hybridized carbons (Fsp3) is 1.00. The Morgan fingerprint density at radius 1 is 0.833 bits per heavy atom. The molecule has 0 aromatic rings. The van der Waals surface area contributed by atoms with E-state index in [1.165, 1.54) is 70.6 Å². The summed E-state index contributed by atoms with van der Waals surface area (Å²) in [6, 6.07) is 0. The van der Waals surface area contributed by atoms with Crippen molar-refractivity contribution in [3.8, 4) is 0 Å². The van der Waals surface area contributed by atoms with Crippen molar-refractivity contribution < 1.29 is 5.11 Å². The van der Waals surface area contributed by atoms with Gasteiger partial charge in [0.05, 0.1) is 0 Å². The van der Waals surface area contributed by atoms with E-state index in [1.807, 2.05) is 0 Å².